The summed E-state index contributed by atoms with van der Waals surface area (Å²) in [5.41, 5.74) is 0. The lowest BCUT2D eigenvalue weighted by Gasteiger charge is -2.24. The Morgan fingerprint density at radius 2 is 0.815 bits per heavy atom. The molecule has 0 radical (unpaired) electrons. The maximum atomic E-state index is 13.2. The number of esters is 1. The van der Waals surface area contributed by atoms with Crippen molar-refractivity contribution in [3.05, 3.63) is 48.6 Å². The summed E-state index contributed by atoms with van der Waals surface area (Å²) in [5.74, 6) is -0.564. The van der Waals surface area contributed by atoms with Gasteiger partial charge in [0.05, 0.1) is 25.2 Å². The minimum Gasteiger partial charge on any atom is -0.461 e. The lowest BCUT2D eigenvalue weighted by atomic mass is 10.0. The van der Waals surface area contributed by atoms with Gasteiger partial charge in [-0.05, 0) is 44.9 Å². The summed E-state index contributed by atoms with van der Waals surface area (Å²) in [7, 11) is 0. The van der Waals surface area contributed by atoms with Crippen LogP contribution in [0.15, 0.2) is 48.6 Å². The van der Waals surface area contributed by atoms with Gasteiger partial charge in [-0.25, -0.2) is 0 Å². The highest BCUT2D eigenvalue weighted by Crippen LogP contribution is 2.17. The Labute approximate surface area is 404 Å². The molecule has 0 fully saturated rings. The Morgan fingerprint density at radius 1 is 0.462 bits per heavy atom. The van der Waals surface area contributed by atoms with Gasteiger partial charge in [0.15, 0.2) is 0 Å². The van der Waals surface area contributed by atoms with E-state index in [1.54, 1.807) is 0 Å². The first-order chi connectivity index (χ1) is 32.0. The largest absolute Gasteiger partial charge is 0.461 e. The molecule has 380 valence electrons. The van der Waals surface area contributed by atoms with E-state index in [0.29, 0.717) is 19.3 Å². The molecular weight excluding hydrogens is 803 g/mol. The molecule has 0 aliphatic heterocycles. The zero-order chi connectivity index (χ0) is 47.4. The fraction of sp³-hybridized carbons (Fsp3) is 0.831. The van der Waals surface area contributed by atoms with E-state index in [1.807, 2.05) is 6.08 Å². The summed E-state index contributed by atoms with van der Waals surface area (Å²) < 4.78 is 5.89. The van der Waals surface area contributed by atoms with Crippen LogP contribution in [0.25, 0.3) is 0 Å². The zero-order valence-corrected chi connectivity index (χ0v) is 43.4. The molecule has 65 heavy (non-hydrogen) atoms. The first kappa shape index (κ1) is 62.8. The summed E-state index contributed by atoms with van der Waals surface area (Å²) in [6.45, 7) is 6.46. The molecule has 0 heterocycles. The molecule has 0 saturated carbocycles. The molecule has 0 bridgehead atoms. The fourth-order valence-corrected chi connectivity index (χ4v) is 8.59. The Morgan fingerprint density at radius 3 is 1.23 bits per heavy atom. The summed E-state index contributed by atoms with van der Waals surface area (Å²) in [6.07, 6.45) is 64.8. The number of hydrogen-bond acceptors (Lipinski definition) is 5. The molecule has 0 aliphatic rings. The molecule has 0 spiro atoms. The SMILES string of the molecule is CCCCC/C=C\C/C=C\C/C=C\C/C=C\CC(CC(=O)NC(CO)C(O)CCCCCCCCCCCCCCCCCCC)OC(=O)CCCCCCCCCCCCCCCC. The Kier molecular flexibility index (Phi) is 51.0. The number of nitrogens with one attached hydrogen (secondary N) is 1. The lowest BCUT2D eigenvalue weighted by molar-refractivity contribution is -0.150. The van der Waals surface area contributed by atoms with E-state index in [2.05, 4.69) is 68.6 Å². The minimum atomic E-state index is -0.810. The first-order valence-electron chi connectivity index (χ1n) is 28.4. The first-order valence-corrected chi connectivity index (χ1v) is 28.4. The number of rotatable bonds is 51. The molecule has 0 saturated heterocycles. The molecule has 1 amide bonds. The molecule has 3 atom stereocenters. The zero-order valence-electron chi connectivity index (χ0n) is 43.4. The molecule has 3 N–H and O–H groups in total. The molecule has 3 unspecified atom stereocenters. The Hall–Kier alpha value is -2.18. The van der Waals surface area contributed by atoms with Crippen LogP contribution in [0, 0.1) is 0 Å². The molecule has 0 rings (SSSR count). The highest BCUT2D eigenvalue weighted by Gasteiger charge is 2.23. The van der Waals surface area contributed by atoms with Crippen molar-refractivity contribution < 1.29 is 24.5 Å². The molecule has 0 aromatic carbocycles. The van der Waals surface area contributed by atoms with Gasteiger partial charge in [0, 0.05) is 12.8 Å². The molecule has 0 aliphatic carbocycles. The van der Waals surface area contributed by atoms with Crippen LogP contribution in [-0.2, 0) is 14.3 Å². The van der Waals surface area contributed by atoms with Gasteiger partial charge < -0.3 is 20.3 Å². The quantitative estimate of drug-likeness (QED) is 0.0321. The maximum absolute atomic E-state index is 13.2. The van der Waals surface area contributed by atoms with Gasteiger partial charge in [0.1, 0.15) is 6.10 Å². The van der Waals surface area contributed by atoms with E-state index < -0.39 is 18.2 Å². The van der Waals surface area contributed by atoms with Crippen molar-refractivity contribution in [3.8, 4) is 0 Å². The van der Waals surface area contributed by atoms with Crippen molar-refractivity contribution in [2.75, 3.05) is 6.61 Å². The van der Waals surface area contributed by atoms with Crippen molar-refractivity contribution in [1.82, 2.24) is 5.32 Å². The predicted octanol–water partition coefficient (Wildman–Crippen LogP) is 17.4. The lowest BCUT2D eigenvalue weighted by Crippen LogP contribution is -2.46. The van der Waals surface area contributed by atoms with Crippen LogP contribution in [0.2, 0.25) is 0 Å². The number of aliphatic hydroxyl groups excluding tert-OH is 2. The summed E-state index contributed by atoms with van der Waals surface area (Å²) in [6, 6.07) is -0.730. The normalized spacial score (nSPS) is 13.5. The summed E-state index contributed by atoms with van der Waals surface area (Å²) >= 11 is 0. The third-order valence-corrected chi connectivity index (χ3v) is 12.9. The number of ether oxygens (including phenoxy) is 1. The smallest absolute Gasteiger partial charge is 0.306 e. The molecule has 6 nitrogen and oxygen atoms in total. The van der Waals surface area contributed by atoms with Gasteiger partial charge in [-0.1, -0.05) is 275 Å². The van der Waals surface area contributed by atoms with Gasteiger partial charge in [0.25, 0.3) is 0 Å². The van der Waals surface area contributed by atoms with Crippen LogP contribution in [0.3, 0.4) is 0 Å². The van der Waals surface area contributed by atoms with Crippen LogP contribution in [0.4, 0.5) is 0 Å². The fourth-order valence-electron chi connectivity index (χ4n) is 8.59. The molecule has 6 heteroatoms. The Balaban J connectivity index is 4.62. The number of aliphatic hydroxyl groups is 2. The van der Waals surface area contributed by atoms with Crippen molar-refractivity contribution in [2.24, 2.45) is 0 Å². The highest BCUT2D eigenvalue weighted by molar-refractivity contribution is 5.77. The van der Waals surface area contributed by atoms with Crippen LogP contribution < -0.4 is 5.32 Å². The highest BCUT2D eigenvalue weighted by atomic mass is 16.5. The second-order valence-electron chi connectivity index (χ2n) is 19.4. The molecule has 0 aromatic rings. The Bertz CT molecular complexity index is 1110. The average molecular weight is 913 g/mol. The van der Waals surface area contributed by atoms with Crippen molar-refractivity contribution in [1.29, 1.82) is 0 Å². The van der Waals surface area contributed by atoms with Gasteiger partial charge in [-0.2, -0.15) is 0 Å². The number of carbonyl (C=O) groups is 2. The summed E-state index contributed by atoms with van der Waals surface area (Å²) in [4.78, 5) is 26.2. The topological polar surface area (TPSA) is 95.9 Å². The predicted molar refractivity (Wildman–Crippen MR) is 282 cm³/mol. The number of amides is 1. The van der Waals surface area contributed by atoms with E-state index in [4.69, 9.17) is 4.74 Å². The van der Waals surface area contributed by atoms with Crippen LogP contribution >= 0.6 is 0 Å². The average Bonchev–Trinajstić information content (AvgIpc) is 3.30. The van der Waals surface area contributed by atoms with E-state index >= 15 is 0 Å². The molecule has 0 aromatic heterocycles. The van der Waals surface area contributed by atoms with Gasteiger partial charge in [-0.15, -0.1) is 0 Å². The second kappa shape index (κ2) is 52.8. The number of allylic oxidation sites excluding steroid dienone is 7. The number of hydrogen-bond donors (Lipinski definition) is 3. The van der Waals surface area contributed by atoms with E-state index in [1.165, 1.54) is 186 Å². The van der Waals surface area contributed by atoms with E-state index in [9.17, 15) is 19.8 Å². The van der Waals surface area contributed by atoms with Gasteiger partial charge >= 0.3 is 5.97 Å². The standard InChI is InChI=1S/C59H109NO5/c1-4-7-10-13-16-19-22-25-28-29-31-33-36-39-42-45-48-51-57(62)56(54-61)60-58(63)53-55(50-47-44-41-38-35-32-30-26-23-20-17-14-11-8-5-2)65-59(64)52-49-46-43-40-37-34-27-24-21-18-15-12-9-6-3/h17,20,26,30,35,38,44,47,55-57,61-62H,4-16,18-19,21-25,27-29,31-34,36-37,39-43,45-46,48-54H2,1-3H3,(H,60,63)/b20-17-,30-26-,38-35-,47-44-. The van der Waals surface area contributed by atoms with E-state index in [-0.39, 0.29) is 24.9 Å². The summed E-state index contributed by atoms with van der Waals surface area (Å²) in [5, 5.41) is 23.8. The van der Waals surface area contributed by atoms with Gasteiger partial charge in [0.2, 0.25) is 5.91 Å². The van der Waals surface area contributed by atoms with Crippen molar-refractivity contribution in [2.45, 2.75) is 309 Å². The van der Waals surface area contributed by atoms with Crippen LogP contribution in [0.1, 0.15) is 290 Å². The van der Waals surface area contributed by atoms with Gasteiger partial charge in [-0.3, -0.25) is 9.59 Å². The number of carbonyl (C=O) groups excluding carboxylic acids is 2. The van der Waals surface area contributed by atoms with Crippen LogP contribution in [-0.4, -0.2) is 46.9 Å². The third-order valence-electron chi connectivity index (χ3n) is 12.9. The minimum absolute atomic E-state index is 0.00481. The number of unbranched alkanes of at least 4 members (excludes halogenated alkanes) is 32. The van der Waals surface area contributed by atoms with Crippen molar-refractivity contribution in [3.63, 3.8) is 0 Å². The maximum Gasteiger partial charge on any atom is 0.306 e. The van der Waals surface area contributed by atoms with Crippen LogP contribution in [0.5, 0.6) is 0 Å². The monoisotopic (exact) mass is 912 g/mol. The second-order valence-corrected chi connectivity index (χ2v) is 19.4. The van der Waals surface area contributed by atoms with Crippen molar-refractivity contribution >= 4 is 11.9 Å². The molecular formula is C59H109NO5. The van der Waals surface area contributed by atoms with E-state index in [0.717, 1.165) is 57.8 Å². The third kappa shape index (κ3) is 48.1.